The minimum atomic E-state index is -1.22. The fourth-order valence-electron chi connectivity index (χ4n) is 2.33. The second kappa shape index (κ2) is 9.10. The highest BCUT2D eigenvalue weighted by Crippen LogP contribution is 2.44. The van der Waals surface area contributed by atoms with E-state index in [0.717, 1.165) is 18.4 Å². The molecule has 19 heavy (non-hydrogen) atoms. The lowest BCUT2D eigenvalue weighted by Gasteiger charge is -2.24. The van der Waals surface area contributed by atoms with E-state index in [-0.39, 0.29) is 5.92 Å². The van der Waals surface area contributed by atoms with Crippen molar-refractivity contribution in [1.82, 2.24) is 0 Å². The Morgan fingerprint density at radius 1 is 0.895 bits per heavy atom. The predicted molar refractivity (Wildman–Crippen MR) is 87.5 cm³/mol. The standard InChI is InChI=1S/C16H23Cl3/c1-2-3-4-5-6-10-13-15(16(17,18)19)14-11-8-7-9-12-14/h7-9,11-12,15H,2-6,10,13H2,1H3. The molecule has 0 heterocycles. The maximum atomic E-state index is 6.13. The summed E-state index contributed by atoms with van der Waals surface area (Å²) in [4.78, 5) is 0. The second-order valence-electron chi connectivity index (χ2n) is 5.06. The zero-order valence-corrected chi connectivity index (χ0v) is 13.8. The predicted octanol–water partition coefficient (Wildman–Crippen LogP) is 6.89. The van der Waals surface area contributed by atoms with E-state index in [2.05, 4.69) is 6.92 Å². The van der Waals surface area contributed by atoms with Crippen LogP contribution in [-0.2, 0) is 0 Å². The van der Waals surface area contributed by atoms with E-state index in [4.69, 9.17) is 34.8 Å². The quantitative estimate of drug-likeness (QED) is 0.361. The van der Waals surface area contributed by atoms with Crippen molar-refractivity contribution < 1.29 is 0 Å². The zero-order chi connectivity index (χ0) is 14.1. The number of halogens is 3. The number of rotatable bonds is 8. The van der Waals surface area contributed by atoms with Gasteiger partial charge in [0.25, 0.3) is 0 Å². The first kappa shape index (κ1) is 17.1. The SMILES string of the molecule is CCCCCCCCC(c1ccccc1)C(Cl)(Cl)Cl. The second-order valence-corrected chi connectivity index (χ2v) is 7.43. The third-order valence-electron chi connectivity index (χ3n) is 3.44. The Kier molecular flexibility index (Phi) is 8.21. The molecule has 0 saturated carbocycles. The van der Waals surface area contributed by atoms with Crippen LogP contribution in [0.3, 0.4) is 0 Å². The summed E-state index contributed by atoms with van der Waals surface area (Å²) in [6.07, 6.45) is 8.50. The molecule has 108 valence electrons. The molecule has 0 aliphatic carbocycles. The summed E-state index contributed by atoms with van der Waals surface area (Å²) in [6.45, 7) is 2.23. The summed E-state index contributed by atoms with van der Waals surface area (Å²) in [5.41, 5.74) is 1.12. The Bertz CT molecular complexity index is 330. The van der Waals surface area contributed by atoms with E-state index in [0.29, 0.717) is 0 Å². The van der Waals surface area contributed by atoms with Crippen molar-refractivity contribution >= 4 is 34.8 Å². The van der Waals surface area contributed by atoms with Crippen molar-refractivity contribution in [3.8, 4) is 0 Å². The van der Waals surface area contributed by atoms with Gasteiger partial charge in [-0.15, -0.1) is 0 Å². The minimum absolute atomic E-state index is 0.00937. The van der Waals surface area contributed by atoms with Crippen LogP contribution in [-0.4, -0.2) is 3.79 Å². The van der Waals surface area contributed by atoms with Gasteiger partial charge < -0.3 is 0 Å². The number of unbranched alkanes of at least 4 members (excludes halogenated alkanes) is 5. The molecule has 0 amide bonds. The van der Waals surface area contributed by atoms with Crippen LogP contribution < -0.4 is 0 Å². The van der Waals surface area contributed by atoms with Gasteiger partial charge in [0.2, 0.25) is 0 Å². The molecule has 0 fully saturated rings. The molecule has 1 atom stereocenters. The van der Waals surface area contributed by atoms with E-state index >= 15 is 0 Å². The first-order valence-corrected chi connectivity index (χ1v) is 8.30. The van der Waals surface area contributed by atoms with E-state index in [1.54, 1.807) is 0 Å². The smallest absolute Gasteiger partial charge is 0.0830 e. The summed E-state index contributed by atoms with van der Waals surface area (Å²) < 4.78 is -1.22. The lowest BCUT2D eigenvalue weighted by molar-refractivity contribution is 0.542. The molecule has 1 aromatic rings. The fraction of sp³-hybridized carbons (Fsp3) is 0.625. The van der Waals surface area contributed by atoms with Gasteiger partial charge >= 0.3 is 0 Å². The van der Waals surface area contributed by atoms with Crippen LogP contribution in [0.15, 0.2) is 30.3 Å². The Hall–Kier alpha value is 0.0900. The van der Waals surface area contributed by atoms with Gasteiger partial charge in [-0.3, -0.25) is 0 Å². The van der Waals surface area contributed by atoms with Crippen molar-refractivity contribution in [3.05, 3.63) is 35.9 Å². The van der Waals surface area contributed by atoms with Crippen molar-refractivity contribution in [1.29, 1.82) is 0 Å². The molecule has 0 saturated heterocycles. The molecule has 0 bridgehead atoms. The minimum Gasteiger partial charge on any atom is -0.0830 e. The Morgan fingerprint density at radius 2 is 1.47 bits per heavy atom. The van der Waals surface area contributed by atoms with E-state index < -0.39 is 3.79 Å². The summed E-state index contributed by atoms with van der Waals surface area (Å²) >= 11 is 18.4. The topological polar surface area (TPSA) is 0 Å². The Labute approximate surface area is 132 Å². The van der Waals surface area contributed by atoms with Gasteiger partial charge in [-0.1, -0.05) is 111 Å². The van der Waals surface area contributed by atoms with Gasteiger partial charge in [0, 0.05) is 5.92 Å². The van der Waals surface area contributed by atoms with Gasteiger partial charge in [-0.25, -0.2) is 0 Å². The van der Waals surface area contributed by atoms with Crippen molar-refractivity contribution in [2.75, 3.05) is 0 Å². The number of alkyl halides is 3. The molecule has 0 spiro atoms. The first-order valence-electron chi connectivity index (χ1n) is 7.17. The molecule has 1 aromatic carbocycles. The molecule has 3 heteroatoms. The number of hydrogen-bond acceptors (Lipinski definition) is 0. The highest BCUT2D eigenvalue weighted by molar-refractivity contribution is 6.68. The molecule has 1 unspecified atom stereocenters. The third kappa shape index (κ3) is 6.88. The third-order valence-corrected chi connectivity index (χ3v) is 4.23. The van der Waals surface area contributed by atoms with Gasteiger partial charge in [-0.05, 0) is 12.0 Å². The zero-order valence-electron chi connectivity index (χ0n) is 11.5. The van der Waals surface area contributed by atoms with Crippen LogP contribution in [0.25, 0.3) is 0 Å². The lowest BCUT2D eigenvalue weighted by Crippen LogP contribution is -2.17. The molecule has 0 aliphatic rings. The van der Waals surface area contributed by atoms with Crippen LogP contribution in [0.1, 0.15) is 63.4 Å². The van der Waals surface area contributed by atoms with E-state index in [1.165, 1.54) is 32.1 Å². The summed E-state index contributed by atoms with van der Waals surface area (Å²) in [5, 5.41) is 0. The average Bonchev–Trinajstić information content (AvgIpc) is 2.37. The molecule has 0 radical (unpaired) electrons. The fourth-order valence-corrected chi connectivity index (χ4v) is 3.04. The van der Waals surface area contributed by atoms with E-state index in [9.17, 15) is 0 Å². The van der Waals surface area contributed by atoms with Crippen molar-refractivity contribution in [2.24, 2.45) is 0 Å². The molecule has 0 aliphatic heterocycles. The maximum absolute atomic E-state index is 6.13. The Morgan fingerprint density at radius 3 is 2.05 bits per heavy atom. The average molecular weight is 322 g/mol. The van der Waals surface area contributed by atoms with Gasteiger partial charge in [0.15, 0.2) is 3.79 Å². The van der Waals surface area contributed by atoms with Gasteiger partial charge in [0.05, 0.1) is 0 Å². The van der Waals surface area contributed by atoms with Crippen LogP contribution in [0, 0.1) is 0 Å². The largest absolute Gasteiger partial charge is 0.197 e. The molecule has 0 aromatic heterocycles. The highest BCUT2D eigenvalue weighted by Gasteiger charge is 2.33. The van der Waals surface area contributed by atoms with Crippen molar-refractivity contribution in [3.63, 3.8) is 0 Å². The van der Waals surface area contributed by atoms with E-state index in [1.807, 2.05) is 30.3 Å². The number of benzene rings is 1. The summed E-state index contributed by atoms with van der Waals surface area (Å²) in [6, 6.07) is 10.1. The molecular formula is C16H23Cl3. The normalized spacial score (nSPS) is 13.5. The van der Waals surface area contributed by atoms with Crippen LogP contribution in [0.2, 0.25) is 0 Å². The maximum Gasteiger partial charge on any atom is 0.197 e. The van der Waals surface area contributed by atoms with Crippen LogP contribution in [0.4, 0.5) is 0 Å². The first-order chi connectivity index (χ1) is 9.05. The summed E-state index contributed by atoms with van der Waals surface area (Å²) in [7, 11) is 0. The van der Waals surface area contributed by atoms with Gasteiger partial charge in [-0.2, -0.15) is 0 Å². The molecule has 1 rings (SSSR count). The Balaban J connectivity index is 2.44. The summed E-state index contributed by atoms with van der Waals surface area (Å²) in [5.74, 6) is -0.00937. The monoisotopic (exact) mass is 320 g/mol. The lowest BCUT2D eigenvalue weighted by atomic mass is 9.94. The van der Waals surface area contributed by atoms with Crippen LogP contribution in [0.5, 0.6) is 0 Å². The molecular weight excluding hydrogens is 299 g/mol. The van der Waals surface area contributed by atoms with Gasteiger partial charge in [0.1, 0.15) is 0 Å². The molecule has 0 nitrogen and oxygen atoms in total. The van der Waals surface area contributed by atoms with Crippen LogP contribution >= 0.6 is 34.8 Å². The molecule has 0 N–H and O–H groups in total. The number of hydrogen-bond donors (Lipinski definition) is 0. The highest BCUT2D eigenvalue weighted by atomic mass is 35.6. The van der Waals surface area contributed by atoms with Crippen molar-refractivity contribution in [2.45, 2.75) is 61.6 Å².